The number of likely N-dealkylation sites (tertiary alicyclic amines) is 1. The molecular formula is C23H21FN2O4. The van der Waals surface area contributed by atoms with Gasteiger partial charge in [0.25, 0.3) is 11.8 Å². The molecule has 2 amide bonds. The Morgan fingerprint density at radius 2 is 1.80 bits per heavy atom. The zero-order chi connectivity index (χ0) is 20.9. The Morgan fingerprint density at radius 3 is 2.57 bits per heavy atom. The van der Waals surface area contributed by atoms with E-state index >= 15 is 0 Å². The lowest BCUT2D eigenvalue weighted by molar-refractivity contribution is 0.0792. The van der Waals surface area contributed by atoms with Crippen molar-refractivity contribution in [2.75, 3.05) is 18.4 Å². The van der Waals surface area contributed by atoms with Crippen LogP contribution in [0.1, 0.15) is 39.5 Å². The number of carbonyl (C=O) groups is 2. The Bertz CT molecular complexity index is 1040. The first kappa shape index (κ1) is 19.7. The molecule has 1 aromatic heterocycles. The van der Waals surface area contributed by atoms with E-state index in [9.17, 15) is 14.0 Å². The Kier molecular flexibility index (Phi) is 5.79. The summed E-state index contributed by atoms with van der Waals surface area (Å²) in [5.74, 6) is 0.297. The number of carbonyl (C=O) groups excluding carboxylic acids is 2. The van der Waals surface area contributed by atoms with E-state index < -0.39 is 5.91 Å². The second kappa shape index (κ2) is 8.82. The van der Waals surface area contributed by atoms with Crippen LogP contribution in [-0.4, -0.2) is 29.8 Å². The van der Waals surface area contributed by atoms with E-state index in [0.29, 0.717) is 22.8 Å². The molecule has 7 heteroatoms. The summed E-state index contributed by atoms with van der Waals surface area (Å²) in [5, 5.41) is 2.75. The third kappa shape index (κ3) is 4.68. The highest BCUT2D eigenvalue weighted by Crippen LogP contribution is 2.19. The normalized spacial score (nSPS) is 13.3. The summed E-state index contributed by atoms with van der Waals surface area (Å²) in [6, 6.07) is 15.7. The molecule has 0 aliphatic carbocycles. The average Bonchev–Trinajstić information content (AvgIpc) is 3.45. The van der Waals surface area contributed by atoms with Gasteiger partial charge in [-0.05, 0) is 67.4 Å². The average molecular weight is 408 g/mol. The fraction of sp³-hybridized carbons (Fsp3) is 0.217. The summed E-state index contributed by atoms with van der Waals surface area (Å²) in [4.78, 5) is 26.8. The van der Waals surface area contributed by atoms with E-state index in [4.69, 9.17) is 9.15 Å². The number of furan rings is 1. The van der Waals surface area contributed by atoms with Crippen LogP contribution >= 0.6 is 0 Å². The number of hydrogen-bond acceptors (Lipinski definition) is 4. The molecule has 1 saturated heterocycles. The molecule has 0 radical (unpaired) electrons. The Labute approximate surface area is 173 Å². The number of nitrogens with zero attached hydrogens (tertiary/aromatic N) is 1. The predicted molar refractivity (Wildman–Crippen MR) is 109 cm³/mol. The molecule has 0 spiro atoms. The maximum Gasteiger partial charge on any atom is 0.291 e. The smallest absolute Gasteiger partial charge is 0.291 e. The summed E-state index contributed by atoms with van der Waals surface area (Å²) < 4.78 is 24.0. The lowest BCUT2D eigenvalue weighted by Crippen LogP contribution is -2.27. The molecule has 2 heterocycles. The van der Waals surface area contributed by atoms with Crippen LogP contribution in [-0.2, 0) is 6.61 Å². The Hall–Kier alpha value is -3.61. The van der Waals surface area contributed by atoms with Crippen molar-refractivity contribution in [3.63, 3.8) is 0 Å². The van der Waals surface area contributed by atoms with Crippen LogP contribution in [0.5, 0.6) is 5.75 Å². The topological polar surface area (TPSA) is 71.8 Å². The molecule has 4 rings (SSSR count). The van der Waals surface area contributed by atoms with Gasteiger partial charge in [-0.15, -0.1) is 0 Å². The van der Waals surface area contributed by atoms with Gasteiger partial charge in [0, 0.05) is 24.3 Å². The van der Waals surface area contributed by atoms with Crippen molar-refractivity contribution >= 4 is 17.5 Å². The molecule has 0 bridgehead atoms. The predicted octanol–water partition coefficient (Wildman–Crippen LogP) is 4.49. The summed E-state index contributed by atoms with van der Waals surface area (Å²) in [6.45, 7) is 1.65. The van der Waals surface area contributed by atoms with Gasteiger partial charge in [0.15, 0.2) is 5.76 Å². The highest BCUT2D eigenvalue weighted by molar-refractivity contribution is 6.03. The number of anilines is 1. The van der Waals surface area contributed by atoms with Gasteiger partial charge in [-0.25, -0.2) is 4.39 Å². The molecule has 30 heavy (non-hydrogen) atoms. The second-order valence-corrected chi connectivity index (χ2v) is 7.04. The molecule has 6 nitrogen and oxygen atoms in total. The molecule has 154 valence electrons. The number of benzene rings is 2. The van der Waals surface area contributed by atoms with Crippen LogP contribution in [0.3, 0.4) is 0 Å². The molecule has 2 aromatic carbocycles. The van der Waals surface area contributed by atoms with Gasteiger partial charge in [0.05, 0.1) is 0 Å². The van der Waals surface area contributed by atoms with Gasteiger partial charge < -0.3 is 19.4 Å². The van der Waals surface area contributed by atoms with E-state index in [1.165, 1.54) is 24.3 Å². The van der Waals surface area contributed by atoms with E-state index in [1.54, 1.807) is 36.4 Å². The molecule has 1 aliphatic heterocycles. The number of halogens is 1. The highest BCUT2D eigenvalue weighted by atomic mass is 19.1. The Morgan fingerprint density at radius 1 is 1.03 bits per heavy atom. The summed E-state index contributed by atoms with van der Waals surface area (Å²) in [7, 11) is 0. The van der Waals surface area contributed by atoms with E-state index in [2.05, 4.69) is 5.32 Å². The van der Waals surface area contributed by atoms with Gasteiger partial charge in [0.1, 0.15) is 23.9 Å². The SMILES string of the molecule is O=C(Nc1cccc(C(=O)N2CCCC2)c1)c1ccc(COc2ccc(F)cc2)o1. The lowest BCUT2D eigenvalue weighted by atomic mass is 10.1. The summed E-state index contributed by atoms with van der Waals surface area (Å²) in [5.41, 5.74) is 1.06. The van der Waals surface area contributed by atoms with Crippen molar-refractivity contribution in [1.29, 1.82) is 0 Å². The van der Waals surface area contributed by atoms with Crippen molar-refractivity contribution in [2.24, 2.45) is 0 Å². The summed E-state index contributed by atoms with van der Waals surface area (Å²) in [6.07, 6.45) is 2.04. The fourth-order valence-electron chi connectivity index (χ4n) is 3.29. The largest absolute Gasteiger partial charge is 0.486 e. The highest BCUT2D eigenvalue weighted by Gasteiger charge is 2.20. The van der Waals surface area contributed by atoms with E-state index in [1.807, 2.05) is 4.90 Å². The number of nitrogens with one attached hydrogen (secondary N) is 1. The third-order valence-electron chi connectivity index (χ3n) is 4.84. The van der Waals surface area contributed by atoms with Crippen molar-refractivity contribution in [3.05, 3.63) is 83.6 Å². The van der Waals surface area contributed by atoms with Crippen LogP contribution in [0.2, 0.25) is 0 Å². The number of hydrogen-bond donors (Lipinski definition) is 1. The summed E-state index contributed by atoms with van der Waals surface area (Å²) >= 11 is 0. The van der Waals surface area contributed by atoms with E-state index in [0.717, 1.165) is 25.9 Å². The minimum atomic E-state index is -0.422. The minimum Gasteiger partial charge on any atom is -0.486 e. The van der Waals surface area contributed by atoms with Crippen LogP contribution in [0, 0.1) is 5.82 Å². The van der Waals surface area contributed by atoms with Crippen LogP contribution in [0.25, 0.3) is 0 Å². The van der Waals surface area contributed by atoms with Gasteiger partial charge in [-0.2, -0.15) is 0 Å². The van der Waals surface area contributed by atoms with Crippen LogP contribution in [0.15, 0.2) is 65.1 Å². The minimum absolute atomic E-state index is 0.0261. The second-order valence-electron chi connectivity index (χ2n) is 7.04. The van der Waals surface area contributed by atoms with Gasteiger partial charge >= 0.3 is 0 Å². The maximum atomic E-state index is 12.9. The number of ether oxygens (including phenoxy) is 1. The fourth-order valence-corrected chi connectivity index (χ4v) is 3.29. The molecule has 1 N–H and O–H groups in total. The molecule has 3 aromatic rings. The quantitative estimate of drug-likeness (QED) is 0.653. The first-order valence-corrected chi connectivity index (χ1v) is 9.76. The standard InChI is InChI=1S/C23H21FN2O4/c24-17-6-8-19(9-7-17)29-15-20-10-11-21(30-20)22(27)25-18-5-3-4-16(14-18)23(28)26-12-1-2-13-26/h3-11,14H,1-2,12-13,15H2,(H,25,27). The third-order valence-corrected chi connectivity index (χ3v) is 4.84. The van der Waals surface area contributed by atoms with Crippen molar-refractivity contribution in [1.82, 2.24) is 4.90 Å². The molecular weight excluding hydrogens is 387 g/mol. The van der Waals surface area contributed by atoms with Gasteiger partial charge in [-0.3, -0.25) is 9.59 Å². The molecule has 1 aliphatic rings. The molecule has 0 saturated carbocycles. The lowest BCUT2D eigenvalue weighted by Gasteiger charge is -2.15. The van der Waals surface area contributed by atoms with E-state index in [-0.39, 0.29) is 24.1 Å². The van der Waals surface area contributed by atoms with Crippen molar-refractivity contribution in [3.8, 4) is 5.75 Å². The monoisotopic (exact) mass is 408 g/mol. The Balaban J connectivity index is 1.36. The first-order chi connectivity index (χ1) is 14.6. The van der Waals surface area contributed by atoms with Crippen molar-refractivity contribution in [2.45, 2.75) is 19.4 Å². The first-order valence-electron chi connectivity index (χ1n) is 9.76. The number of rotatable bonds is 6. The molecule has 1 fully saturated rings. The van der Waals surface area contributed by atoms with Gasteiger partial charge in [0.2, 0.25) is 0 Å². The van der Waals surface area contributed by atoms with Crippen molar-refractivity contribution < 1.29 is 23.1 Å². The van der Waals surface area contributed by atoms with Gasteiger partial charge in [-0.1, -0.05) is 6.07 Å². The maximum absolute atomic E-state index is 12.9. The zero-order valence-corrected chi connectivity index (χ0v) is 16.3. The molecule has 0 unspecified atom stereocenters. The zero-order valence-electron chi connectivity index (χ0n) is 16.3. The van der Waals surface area contributed by atoms with Crippen LogP contribution < -0.4 is 10.1 Å². The molecule has 0 atom stereocenters. The number of amides is 2. The van der Waals surface area contributed by atoms with Crippen LogP contribution in [0.4, 0.5) is 10.1 Å².